The number of hydrogen-bond acceptors (Lipinski definition) is 3. The van der Waals surface area contributed by atoms with Crippen LogP contribution in [0, 0.1) is 6.92 Å². The SMILES string of the molecule is Cc1nc(Br)ncc1OC1CCCCC1. The monoisotopic (exact) mass is 270 g/mol. The van der Waals surface area contributed by atoms with Crippen molar-refractivity contribution in [2.75, 3.05) is 0 Å². The Balaban J connectivity index is 2.03. The Bertz CT molecular complexity index is 337. The Labute approximate surface area is 98.4 Å². The fraction of sp³-hybridized carbons (Fsp3) is 0.636. The van der Waals surface area contributed by atoms with Crippen molar-refractivity contribution in [1.29, 1.82) is 0 Å². The molecule has 0 amide bonds. The van der Waals surface area contributed by atoms with Gasteiger partial charge in [0.25, 0.3) is 0 Å². The molecule has 0 atom stereocenters. The third-order valence-corrected chi connectivity index (χ3v) is 3.13. The molecule has 3 nitrogen and oxygen atoms in total. The lowest BCUT2D eigenvalue weighted by molar-refractivity contribution is 0.152. The Morgan fingerprint density at radius 2 is 2.07 bits per heavy atom. The van der Waals surface area contributed by atoms with Gasteiger partial charge in [-0.2, -0.15) is 0 Å². The van der Waals surface area contributed by atoms with E-state index in [1.165, 1.54) is 19.3 Å². The lowest BCUT2D eigenvalue weighted by Crippen LogP contribution is -2.20. The number of ether oxygens (including phenoxy) is 1. The lowest BCUT2D eigenvalue weighted by Gasteiger charge is -2.23. The normalized spacial score (nSPS) is 17.7. The summed E-state index contributed by atoms with van der Waals surface area (Å²) in [5.74, 6) is 0.824. The van der Waals surface area contributed by atoms with Crippen molar-refractivity contribution in [2.24, 2.45) is 0 Å². The largest absolute Gasteiger partial charge is 0.487 e. The Kier molecular flexibility index (Phi) is 3.57. The lowest BCUT2D eigenvalue weighted by atomic mass is 9.98. The van der Waals surface area contributed by atoms with Crippen LogP contribution in [-0.4, -0.2) is 16.1 Å². The quantitative estimate of drug-likeness (QED) is 0.774. The first kappa shape index (κ1) is 10.9. The number of halogens is 1. The Morgan fingerprint density at radius 1 is 1.33 bits per heavy atom. The highest BCUT2D eigenvalue weighted by Crippen LogP contribution is 2.24. The van der Waals surface area contributed by atoms with Crippen molar-refractivity contribution < 1.29 is 4.74 Å². The predicted octanol–water partition coefficient (Wildman–Crippen LogP) is 3.26. The summed E-state index contributed by atoms with van der Waals surface area (Å²) < 4.78 is 6.52. The van der Waals surface area contributed by atoms with Crippen molar-refractivity contribution >= 4 is 15.9 Å². The van der Waals surface area contributed by atoms with Gasteiger partial charge < -0.3 is 4.74 Å². The third kappa shape index (κ3) is 2.91. The summed E-state index contributed by atoms with van der Waals surface area (Å²) in [6.07, 6.45) is 8.34. The van der Waals surface area contributed by atoms with Crippen LogP contribution in [-0.2, 0) is 0 Å². The molecule has 0 radical (unpaired) electrons. The maximum Gasteiger partial charge on any atom is 0.197 e. The summed E-state index contributed by atoms with van der Waals surface area (Å²) >= 11 is 3.24. The molecular formula is C11H15BrN2O. The molecule has 1 saturated carbocycles. The average Bonchev–Trinajstić information content (AvgIpc) is 2.24. The van der Waals surface area contributed by atoms with Gasteiger partial charge in [-0.25, -0.2) is 9.97 Å². The van der Waals surface area contributed by atoms with E-state index in [4.69, 9.17) is 4.74 Å². The van der Waals surface area contributed by atoms with E-state index in [1.807, 2.05) is 6.92 Å². The van der Waals surface area contributed by atoms with E-state index < -0.39 is 0 Å². The fourth-order valence-corrected chi connectivity index (χ4v) is 2.27. The zero-order chi connectivity index (χ0) is 10.7. The molecule has 1 fully saturated rings. The van der Waals surface area contributed by atoms with E-state index in [0.29, 0.717) is 10.8 Å². The average molecular weight is 271 g/mol. The highest BCUT2D eigenvalue weighted by atomic mass is 79.9. The van der Waals surface area contributed by atoms with Crippen LogP contribution in [0.25, 0.3) is 0 Å². The van der Waals surface area contributed by atoms with Gasteiger partial charge in [0.2, 0.25) is 0 Å². The molecule has 1 aromatic rings. The van der Waals surface area contributed by atoms with Crippen molar-refractivity contribution in [1.82, 2.24) is 9.97 Å². The molecule has 2 rings (SSSR count). The van der Waals surface area contributed by atoms with Gasteiger partial charge in [0, 0.05) is 0 Å². The molecule has 0 aromatic carbocycles. The number of aromatic nitrogens is 2. The van der Waals surface area contributed by atoms with Crippen molar-refractivity contribution in [3.05, 3.63) is 16.6 Å². The molecule has 0 bridgehead atoms. The molecule has 4 heteroatoms. The number of rotatable bonds is 2. The molecule has 15 heavy (non-hydrogen) atoms. The van der Waals surface area contributed by atoms with Gasteiger partial charge in [0.05, 0.1) is 18.0 Å². The molecule has 0 unspecified atom stereocenters. The van der Waals surface area contributed by atoms with Crippen molar-refractivity contribution in [2.45, 2.75) is 45.1 Å². The second-order valence-corrected chi connectivity index (χ2v) is 4.68. The molecule has 0 N–H and O–H groups in total. The predicted molar refractivity (Wildman–Crippen MR) is 62.0 cm³/mol. The fourth-order valence-electron chi connectivity index (χ4n) is 1.91. The van der Waals surface area contributed by atoms with Gasteiger partial charge >= 0.3 is 0 Å². The molecule has 0 saturated heterocycles. The molecule has 1 aliphatic carbocycles. The summed E-state index contributed by atoms with van der Waals surface area (Å²) in [6, 6.07) is 0. The Hall–Kier alpha value is -0.640. The van der Waals surface area contributed by atoms with Crippen LogP contribution in [0.4, 0.5) is 0 Å². The highest BCUT2D eigenvalue weighted by molar-refractivity contribution is 9.10. The van der Waals surface area contributed by atoms with Crippen LogP contribution < -0.4 is 4.74 Å². The highest BCUT2D eigenvalue weighted by Gasteiger charge is 2.16. The zero-order valence-corrected chi connectivity index (χ0v) is 10.5. The second kappa shape index (κ2) is 4.92. The molecule has 0 spiro atoms. The first-order valence-corrected chi connectivity index (χ1v) is 6.21. The van der Waals surface area contributed by atoms with E-state index in [-0.39, 0.29) is 0 Å². The molecule has 1 heterocycles. The molecular weight excluding hydrogens is 256 g/mol. The number of aryl methyl sites for hydroxylation is 1. The van der Waals surface area contributed by atoms with Crippen LogP contribution in [0.1, 0.15) is 37.8 Å². The minimum atomic E-state index is 0.363. The minimum absolute atomic E-state index is 0.363. The molecule has 1 aromatic heterocycles. The van der Waals surface area contributed by atoms with Crippen LogP contribution in [0.5, 0.6) is 5.75 Å². The van der Waals surface area contributed by atoms with E-state index in [9.17, 15) is 0 Å². The first-order chi connectivity index (χ1) is 7.25. The topological polar surface area (TPSA) is 35.0 Å². The number of nitrogens with zero attached hydrogens (tertiary/aromatic N) is 2. The Morgan fingerprint density at radius 3 is 2.73 bits per heavy atom. The third-order valence-electron chi connectivity index (χ3n) is 2.75. The van der Waals surface area contributed by atoms with Crippen LogP contribution in [0.15, 0.2) is 10.9 Å². The van der Waals surface area contributed by atoms with Gasteiger partial charge in [-0.1, -0.05) is 6.42 Å². The summed E-state index contributed by atoms with van der Waals surface area (Å²) in [6.45, 7) is 1.95. The van der Waals surface area contributed by atoms with Crippen molar-refractivity contribution in [3.63, 3.8) is 0 Å². The van der Waals surface area contributed by atoms with E-state index in [2.05, 4.69) is 25.9 Å². The van der Waals surface area contributed by atoms with Gasteiger partial charge in [-0.05, 0) is 48.5 Å². The van der Waals surface area contributed by atoms with Crippen LogP contribution in [0.2, 0.25) is 0 Å². The van der Waals surface area contributed by atoms with Crippen LogP contribution in [0.3, 0.4) is 0 Å². The second-order valence-electron chi connectivity index (χ2n) is 3.97. The minimum Gasteiger partial charge on any atom is -0.487 e. The van der Waals surface area contributed by atoms with E-state index in [1.54, 1.807) is 6.20 Å². The van der Waals surface area contributed by atoms with Gasteiger partial charge in [0.1, 0.15) is 0 Å². The summed E-state index contributed by atoms with van der Waals surface area (Å²) in [5.41, 5.74) is 0.905. The summed E-state index contributed by atoms with van der Waals surface area (Å²) in [5, 5.41) is 0. The smallest absolute Gasteiger partial charge is 0.197 e. The summed E-state index contributed by atoms with van der Waals surface area (Å²) in [7, 11) is 0. The molecule has 82 valence electrons. The maximum atomic E-state index is 5.90. The maximum absolute atomic E-state index is 5.90. The number of hydrogen-bond donors (Lipinski definition) is 0. The van der Waals surface area contributed by atoms with Gasteiger partial charge in [0.15, 0.2) is 10.5 Å². The van der Waals surface area contributed by atoms with Gasteiger partial charge in [-0.15, -0.1) is 0 Å². The van der Waals surface area contributed by atoms with E-state index in [0.717, 1.165) is 24.3 Å². The van der Waals surface area contributed by atoms with E-state index >= 15 is 0 Å². The zero-order valence-electron chi connectivity index (χ0n) is 8.87. The summed E-state index contributed by atoms with van der Waals surface area (Å²) in [4.78, 5) is 8.31. The standard InChI is InChI=1S/C11H15BrN2O/c1-8-10(7-13-11(12)14-8)15-9-5-3-2-4-6-9/h7,9H,2-6H2,1H3. The molecule has 0 aliphatic heterocycles. The van der Waals surface area contributed by atoms with Crippen molar-refractivity contribution in [3.8, 4) is 5.75 Å². The van der Waals surface area contributed by atoms with Crippen LogP contribution >= 0.6 is 15.9 Å². The first-order valence-electron chi connectivity index (χ1n) is 5.41. The molecule has 1 aliphatic rings. The van der Waals surface area contributed by atoms with Gasteiger partial charge in [-0.3, -0.25) is 0 Å².